The van der Waals surface area contributed by atoms with Crippen molar-refractivity contribution in [2.45, 2.75) is 38.1 Å². The smallest absolute Gasteiger partial charge is 0.337 e. The molecular weight excluding hydrogens is 360 g/mol. The molecule has 0 spiro atoms. The molecule has 2 N–H and O–H groups in total. The van der Waals surface area contributed by atoms with Crippen LogP contribution in [0.5, 0.6) is 0 Å². The van der Waals surface area contributed by atoms with Crippen LogP contribution in [0.2, 0.25) is 0 Å². The highest BCUT2D eigenvalue weighted by Gasteiger charge is 2.16. The first-order valence-corrected chi connectivity index (χ1v) is 10.4. The molecule has 0 aliphatic carbocycles. The topological polar surface area (TPSA) is 54.1 Å². The Hall–Kier alpha value is -2.85. The number of nitrogens with one attached hydrogen (secondary N) is 2. The van der Waals surface area contributed by atoms with Gasteiger partial charge in [-0.3, -0.25) is 0 Å². The van der Waals surface area contributed by atoms with E-state index in [1.165, 1.54) is 42.0 Å². The highest BCUT2D eigenvalue weighted by atomic mass is 16.5. The summed E-state index contributed by atoms with van der Waals surface area (Å²) in [6, 6.07) is 17.0. The first-order chi connectivity index (χ1) is 14.2. The predicted octanol–water partition coefficient (Wildman–Crippen LogP) is 5.11. The van der Waals surface area contributed by atoms with Crippen LogP contribution in [0, 0.1) is 0 Å². The largest absolute Gasteiger partial charge is 0.465 e. The fraction of sp³-hybridized carbons (Fsp3) is 0.320. The van der Waals surface area contributed by atoms with Gasteiger partial charge in [0.2, 0.25) is 0 Å². The first kappa shape index (κ1) is 19.5. The van der Waals surface area contributed by atoms with Crippen LogP contribution < -0.4 is 5.32 Å². The van der Waals surface area contributed by atoms with Crippen LogP contribution >= 0.6 is 0 Å². The number of hydrogen-bond donors (Lipinski definition) is 2. The van der Waals surface area contributed by atoms with Crippen molar-refractivity contribution in [1.82, 2.24) is 10.3 Å². The quantitative estimate of drug-likeness (QED) is 0.437. The number of methoxy groups -OCH3 is 1. The lowest BCUT2D eigenvalue weighted by atomic mass is 9.92. The average molecular weight is 389 g/mol. The van der Waals surface area contributed by atoms with Gasteiger partial charge in [0, 0.05) is 29.7 Å². The molecule has 4 nitrogen and oxygen atoms in total. The number of carbonyl (C=O) groups is 1. The molecule has 2 heterocycles. The van der Waals surface area contributed by atoms with Crippen LogP contribution in [0.3, 0.4) is 0 Å². The van der Waals surface area contributed by atoms with E-state index < -0.39 is 0 Å². The van der Waals surface area contributed by atoms with Crippen LogP contribution in [0.15, 0.2) is 60.8 Å². The second kappa shape index (κ2) is 9.10. The number of rotatable bonds is 7. The van der Waals surface area contributed by atoms with E-state index in [4.69, 9.17) is 4.74 Å². The monoisotopic (exact) mass is 388 g/mol. The summed E-state index contributed by atoms with van der Waals surface area (Å²) in [5.74, 6) is -0.299. The standard InChI is InChI=1S/C25H28N2O2/c1-29-25(28)20-11-12-23-21(17-27-24(23)16-20)9-5-6-10-22-15-19(13-14-26-22)18-7-3-2-4-8-18/h2-4,7-8,11-13,16-17,22,26-27H,5-6,9-10,14-15H2,1H3. The molecule has 4 rings (SSSR count). The minimum absolute atomic E-state index is 0.299. The van der Waals surface area contributed by atoms with E-state index in [9.17, 15) is 4.79 Å². The van der Waals surface area contributed by atoms with Gasteiger partial charge in [-0.05, 0) is 54.5 Å². The fourth-order valence-corrected chi connectivity index (χ4v) is 4.21. The second-order valence-corrected chi connectivity index (χ2v) is 7.72. The van der Waals surface area contributed by atoms with Gasteiger partial charge in [-0.2, -0.15) is 0 Å². The van der Waals surface area contributed by atoms with Gasteiger partial charge in [-0.1, -0.05) is 48.9 Å². The molecule has 0 radical (unpaired) electrons. The summed E-state index contributed by atoms with van der Waals surface area (Å²) < 4.78 is 4.80. The van der Waals surface area contributed by atoms with Crippen molar-refractivity contribution in [2.75, 3.05) is 13.7 Å². The van der Waals surface area contributed by atoms with Gasteiger partial charge in [0.1, 0.15) is 0 Å². The summed E-state index contributed by atoms with van der Waals surface area (Å²) in [7, 11) is 1.41. The summed E-state index contributed by atoms with van der Waals surface area (Å²) >= 11 is 0. The molecule has 1 aliphatic rings. The summed E-state index contributed by atoms with van der Waals surface area (Å²) in [4.78, 5) is 15.0. The van der Waals surface area contributed by atoms with Gasteiger partial charge in [-0.15, -0.1) is 0 Å². The fourth-order valence-electron chi connectivity index (χ4n) is 4.21. The lowest BCUT2D eigenvalue weighted by Crippen LogP contribution is -2.32. The highest BCUT2D eigenvalue weighted by molar-refractivity contribution is 5.95. The van der Waals surface area contributed by atoms with Crippen molar-refractivity contribution >= 4 is 22.4 Å². The second-order valence-electron chi connectivity index (χ2n) is 7.72. The van der Waals surface area contributed by atoms with Crippen molar-refractivity contribution in [3.05, 3.63) is 77.5 Å². The Kier molecular flexibility index (Phi) is 6.11. The Labute approximate surface area is 172 Å². The van der Waals surface area contributed by atoms with E-state index in [2.05, 4.69) is 52.9 Å². The minimum Gasteiger partial charge on any atom is -0.465 e. The number of ether oxygens (including phenoxy) is 1. The number of aryl methyl sites for hydroxylation is 1. The van der Waals surface area contributed by atoms with E-state index >= 15 is 0 Å². The third kappa shape index (κ3) is 4.60. The molecule has 4 heteroatoms. The van der Waals surface area contributed by atoms with Crippen LogP contribution in [0.4, 0.5) is 0 Å². The molecule has 0 bridgehead atoms. The first-order valence-electron chi connectivity index (χ1n) is 10.4. The van der Waals surface area contributed by atoms with Crippen LogP contribution in [-0.2, 0) is 11.2 Å². The zero-order chi connectivity index (χ0) is 20.1. The van der Waals surface area contributed by atoms with Crippen molar-refractivity contribution in [1.29, 1.82) is 0 Å². The number of esters is 1. The highest BCUT2D eigenvalue weighted by Crippen LogP contribution is 2.25. The number of hydrogen-bond acceptors (Lipinski definition) is 3. The molecule has 2 aromatic carbocycles. The van der Waals surface area contributed by atoms with E-state index in [0.29, 0.717) is 11.6 Å². The normalized spacial score (nSPS) is 16.6. The van der Waals surface area contributed by atoms with Crippen molar-refractivity contribution < 1.29 is 9.53 Å². The number of aromatic amines is 1. The van der Waals surface area contributed by atoms with E-state index in [1.54, 1.807) is 0 Å². The maximum Gasteiger partial charge on any atom is 0.337 e. The number of unbranched alkanes of at least 4 members (excludes halogenated alkanes) is 1. The molecule has 0 saturated heterocycles. The average Bonchev–Trinajstić information content (AvgIpc) is 3.19. The summed E-state index contributed by atoms with van der Waals surface area (Å²) in [5, 5.41) is 4.84. The lowest BCUT2D eigenvalue weighted by Gasteiger charge is -2.24. The van der Waals surface area contributed by atoms with E-state index in [1.807, 2.05) is 18.2 Å². The lowest BCUT2D eigenvalue weighted by molar-refractivity contribution is 0.0601. The number of fused-ring (bicyclic) bond motifs is 1. The van der Waals surface area contributed by atoms with Gasteiger partial charge in [0.05, 0.1) is 12.7 Å². The molecule has 0 amide bonds. The van der Waals surface area contributed by atoms with Crippen molar-refractivity contribution in [2.24, 2.45) is 0 Å². The summed E-state index contributed by atoms with van der Waals surface area (Å²) in [5.41, 5.74) is 5.71. The molecule has 29 heavy (non-hydrogen) atoms. The van der Waals surface area contributed by atoms with Crippen molar-refractivity contribution in [3.8, 4) is 0 Å². The van der Waals surface area contributed by atoms with E-state index in [0.717, 1.165) is 31.3 Å². The maximum atomic E-state index is 11.7. The number of H-pyrrole nitrogens is 1. The zero-order valence-corrected chi connectivity index (χ0v) is 16.9. The van der Waals surface area contributed by atoms with Gasteiger partial charge in [0.25, 0.3) is 0 Å². The number of benzene rings is 2. The summed E-state index contributed by atoms with van der Waals surface area (Å²) in [6.45, 7) is 0.958. The molecular formula is C25H28N2O2. The van der Waals surface area contributed by atoms with Gasteiger partial charge in [-0.25, -0.2) is 4.79 Å². The Balaban J connectivity index is 1.29. The van der Waals surface area contributed by atoms with E-state index in [-0.39, 0.29) is 5.97 Å². The minimum atomic E-state index is -0.299. The molecule has 150 valence electrons. The van der Waals surface area contributed by atoms with Gasteiger partial charge < -0.3 is 15.0 Å². The zero-order valence-electron chi connectivity index (χ0n) is 16.9. The van der Waals surface area contributed by atoms with Crippen LogP contribution in [0.1, 0.15) is 47.2 Å². The third-order valence-electron chi connectivity index (χ3n) is 5.80. The van der Waals surface area contributed by atoms with Crippen LogP contribution in [0.25, 0.3) is 16.5 Å². The Morgan fingerprint density at radius 2 is 2.00 bits per heavy atom. The molecule has 1 atom stereocenters. The predicted molar refractivity (Wildman–Crippen MR) is 118 cm³/mol. The third-order valence-corrected chi connectivity index (χ3v) is 5.80. The number of carbonyl (C=O) groups excluding carboxylic acids is 1. The van der Waals surface area contributed by atoms with Gasteiger partial charge in [0.15, 0.2) is 0 Å². The summed E-state index contributed by atoms with van der Waals surface area (Å²) in [6.07, 6.45) is 10.1. The molecule has 1 aliphatic heterocycles. The molecule has 0 saturated carbocycles. The van der Waals surface area contributed by atoms with Crippen LogP contribution in [-0.4, -0.2) is 30.6 Å². The van der Waals surface area contributed by atoms with Gasteiger partial charge >= 0.3 is 5.97 Å². The Morgan fingerprint density at radius 3 is 2.83 bits per heavy atom. The molecule has 1 aromatic heterocycles. The Morgan fingerprint density at radius 1 is 1.14 bits per heavy atom. The maximum absolute atomic E-state index is 11.7. The van der Waals surface area contributed by atoms with Crippen molar-refractivity contribution in [3.63, 3.8) is 0 Å². The molecule has 1 unspecified atom stereocenters. The molecule has 3 aromatic rings. The number of aromatic nitrogens is 1. The SMILES string of the molecule is COC(=O)c1ccc2c(CCCCC3CC(c4ccccc4)=CCN3)c[nH]c2c1. The Bertz CT molecular complexity index is 1000. The molecule has 0 fully saturated rings.